The van der Waals surface area contributed by atoms with Gasteiger partial charge in [0, 0.05) is 13.2 Å². The van der Waals surface area contributed by atoms with Crippen LogP contribution in [0, 0.1) is 0 Å². The maximum absolute atomic E-state index is 6.03. The van der Waals surface area contributed by atoms with Crippen molar-refractivity contribution in [1.82, 2.24) is 0 Å². The smallest absolute Gasteiger partial charge is 0.157 e. The molecule has 0 aromatic rings. The van der Waals surface area contributed by atoms with E-state index in [4.69, 9.17) is 9.47 Å². The Bertz CT molecular complexity index is 292. The highest BCUT2D eigenvalue weighted by Gasteiger charge is 2.08. The molecule has 0 heterocycles. The fraction of sp³-hybridized carbons (Fsp3) is 1.00. The number of rotatable bonds is 26. The minimum atomic E-state index is 0.0344. The van der Waals surface area contributed by atoms with Crippen LogP contribution in [0.4, 0.5) is 0 Å². The van der Waals surface area contributed by atoms with Crippen LogP contribution < -0.4 is 0 Å². The highest BCUT2D eigenvalue weighted by molar-refractivity contribution is 4.52. The summed E-state index contributed by atoms with van der Waals surface area (Å²) in [5, 5.41) is 0. The predicted octanol–water partition coefficient (Wildman–Crippen LogP) is 9.99. The molecule has 0 aromatic carbocycles. The van der Waals surface area contributed by atoms with Gasteiger partial charge in [-0.25, -0.2) is 0 Å². The number of unbranched alkanes of at least 4 members (excludes halogenated alkanes) is 19. The largest absolute Gasteiger partial charge is 0.353 e. The maximum Gasteiger partial charge on any atom is 0.157 e. The zero-order chi connectivity index (χ0) is 22.0. The maximum atomic E-state index is 6.03. The van der Waals surface area contributed by atoms with E-state index in [1.54, 1.807) is 0 Å². The lowest BCUT2D eigenvalue weighted by Gasteiger charge is -2.17. The van der Waals surface area contributed by atoms with Crippen LogP contribution in [0.2, 0.25) is 0 Å². The summed E-state index contributed by atoms with van der Waals surface area (Å²) < 4.78 is 11.8. The molecule has 0 aliphatic rings. The van der Waals surface area contributed by atoms with Crippen LogP contribution in [0.1, 0.15) is 162 Å². The molecular weight excluding hydrogens is 368 g/mol. The third kappa shape index (κ3) is 24.2. The van der Waals surface area contributed by atoms with E-state index in [0.29, 0.717) is 0 Å². The zero-order valence-corrected chi connectivity index (χ0v) is 21.4. The predicted molar refractivity (Wildman–Crippen MR) is 134 cm³/mol. The summed E-state index contributed by atoms with van der Waals surface area (Å²) in [6.07, 6.45) is 30.2. The molecule has 0 saturated carbocycles. The molecule has 2 nitrogen and oxygen atoms in total. The fourth-order valence-electron chi connectivity index (χ4n) is 4.18. The first-order valence-corrected chi connectivity index (χ1v) is 14.1. The van der Waals surface area contributed by atoms with Crippen molar-refractivity contribution in [2.75, 3.05) is 13.2 Å². The molecule has 30 heavy (non-hydrogen) atoms. The second-order valence-electron chi connectivity index (χ2n) is 9.26. The van der Waals surface area contributed by atoms with E-state index >= 15 is 0 Å². The highest BCUT2D eigenvalue weighted by Crippen LogP contribution is 2.15. The van der Waals surface area contributed by atoms with E-state index in [9.17, 15) is 0 Å². The van der Waals surface area contributed by atoms with Crippen LogP contribution in [0.15, 0.2) is 0 Å². The molecule has 0 aliphatic heterocycles. The minimum absolute atomic E-state index is 0.0344. The van der Waals surface area contributed by atoms with Gasteiger partial charge in [-0.3, -0.25) is 0 Å². The van der Waals surface area contributed by atoms with Gasteiger partial charge in [0.2, 0.25) is 0 Å². The topological polar surface area (TPSA) is 18.5 Å². The molecule has 0 saturated heterocycles. The third-order valence-electron chi connectivity index (χ3n) is 6.20. The van der Waals surface area contributed by atoms with Crippen molar-refractivity contribution in [3.8, 4) is 0 Å². The Kier molecular flexibility index (Phi) is 26.9. The molecule has 0 amide bonds. The average molecular weight is 427 g/mol. The van der Waals surface area contributed by atoms with Gasteiger partial charge in [-0.2, -0.15) is 0 Å². The lowest BCUT2D eigenvalue weighted by atomic mass is 10.1. The fourth-order valence-corrected chi connectivity index (χ4v) is 4.18. The Balaban J connectivity index is 3.39. The van der Waals surface area contributed by atoms with Crippen molar-refractivity contribution in [2.45, 2.75) is 168 Å². The minimum Gasteiger partial charge on any atom is -0.353 e. The summed E-state index contributed by atoms with van der Waals surface area (Å²) in [5.74, 6) is 0. The zero-order valence-electron chi connectivity index (χ0n) is 21.4. The first-order chi connectivity index (χ1) is 14.8. The standard InChI is InChI=1S/C28H58O2/c1-4-7-9-11-13-15-17-19-21-23-25-27-30-28(29-6-3)26-24-22-20-18-16-14-12-10-8-5-2/h28H,4-27H2,1-3H3. The normalized spacial score (nSPS) is 12.5. The van der Waals surface area contributed by atoms with E-state index in [2.05, 4.69) is 20.8 Å². The van der Waals surface area contributed by atoms with Crippen LogP contribution >= 0.6 is 0 Å². The summed E-state index contributed by atoms with van der Waals surface area (Å²) in [5.41, 5.74) is 0. The summed E-state index contributed by atoms with van der Waals surface area (Å²) >= 11 is 0. The van der Waals surface area contributed by atoms with E-state index in [-0.39, 0.29) is 6.29 Å². The molecular formula is C28H58O2. The van der Waals surface area contributed by atoms with Crippen molar-refractivity contribution in [1.29, 1.82) is 0 Å². The van der Waals surface area contributed by atoms with E-state index in [0.717, 1.165) is 19.6 Å². The van der Waals surface area contributed by atoms with E-state index < -0.39 is 0 Å². The van der Waals surface area contributed by atoms with Crippen LogP contribution in [0.3, 0.4) is 0 Å². The summed E-state index contributed by atoms with van der Waals surface area (Å²) in [7, 11) is 0. The van der Waals surface area contributed by atoms with E-state index in [1.807, 2.05) is 0 Å². The number of hydrogen-bond donors (Lipinski definition) is 0. The van der Waals surface area contributed by atoms with Gasteiger partial charge in [0.25, 0.3) is 0 Å². The Morgan fingerprint density at radius 2 is 0.767 bits per heavy atom. The lowest BCUT2D eigenvalue weighted by Crippen LogP contribution is -2.18. The van der Waals surface area contributed by atoms with Crippen molar-refractivity contribution in [3.05, 3.63) is 0 Å². The molecule has 2 heteroatoms. The van der Waals surface area contributed by atoms with Crippen molar-refractivity contribution in [2.24, 2.45) is 0 Å². The summed E-state index contributed by atoms with van der Waals surface area (Å²) in [6, 6.07) is 0. The highest BCUT2D eigenvalue weighted by atomic mass is 16.7. The van der Waals surface area contributed by atoms with Crippen LogP contribution in [0.5, 0.6) is 0 Å². The van der Waals surface area contributed by atoms with Gasteiger partial charge in [-0.1, -0.05) is 136 Å². The molecule has 1 atom stereocenters. The Labute approximate surface area is 191 Å². The second-order valence-corrected chi connectivity index (χ2v) is 9.26. The van der Waals surface area contributed by atoms with Crippen LogP contribution in [0.25, 0.3) is 0 Å². The molecule has 0 radical (unpaired) electrons. The molecule has 182 valence electrons. The first kappa shape index (κ1) is 29.9. The van der Waals surface area contributed by atoms with Gasteiger partial charge < -0.3 is 9.47 Å². The number of ether oxygens (including phenoxy) is 2. The quantitative estimate of drug-likeness (QED) is 0.101. The molecule has 0 rings (SSSR count). The lowest BCUT2D eigenvalue weighted by molar-refractivity contribution is -0.144. The SMILES string of the molecule is CCCCCCCCCCCCCOC(CCCCCCCCCCCC)OCC. The monoisotopic (exact) mass is 426 g/mol. The Morgan fingerprint density at radius 1 is 0.400 bits per heavy atom. The summed E-state index contributed by atoms with van der Waals surface area (Å²) in [4.78, 5) is 0. The van der Waals surface area contributed by atoms with Crippen molar-refractivity contribution < 1.29 is 9.47 Å². The second kappa shape index (κ2) is 27.0. The third-order valence-corrected chi connectivity index (χ3v) is 6.20. The molecule has 0 aliphatic carbocycles. The van der Waals surface area contributed by atoms with Crippen molar-refractivity contribution in [3.63, 3.8) is 0 Å². The molecule has 1 unspecified atom stereocenters. The van der Waals surface area contributed by atoms with Gasteiger partial charge in [-0.05, 0) is 26.2 Å². The number of hydrogen-bond acceptors (Lipinski definition) is 2. The van der Waals surface area contributed by atoms with Gasteiger partial charge >= 0.3 is 0 Å². The molecule has 0 fully saturated rings. The van der Waals surface area contributed by atoms with Gasteiger partial charge in [0.15, 0.2) is 6.29 Å². The van der Waals surface area contributed by atoms with Crippen LogP contribution in [-0.4, -0.2) is 19.5 Å². The Morgan fingerprint density at radius 3 is 1.17 bits per heavy atom. The van der Waals surface area contributed by atoms with E-state index in [1.165, 1.54) is 135 Å². The van der Waals surface area contributed by atoms with Gasteiger partial charge in [-0.15, -0.1) is 0 Å². The van der Waals surface area contributed by atoms with Crippen molar-refractivity contribution >= 4 is 0 Å². The summed E-state index contributed by atoms with van der Waals surface area (Å²) in [6.45, 7) is 8.30. The van der Waals surface area contributed by atoms with Gasteiger partial charge in [0.05, 0.1) is 0 Å². The van der Waals surface area contributed by atoms with Gasteiger partial charge in [0.1, 0.15) is 0 Å². The van der Waals surface area contributed by atoms with Crippen LogP contribution in [-0.2, 0) is 9.47 Å². The molecule has 0 bridgehead atoms. The molecule has 0 spiro atoms. The molecule has 0 N–H and O–H groups in total. The Hall–Kier alpha value is -0.0800. The first-order valence-electron chi connectivity index (χ1n) is 14.1. The molecule has 0 aromatic heterocycles. The average Bonchev–Trinajstić information content (AvgIpc) is 2.75.